The summed E-state index contributed by atoms with van der Waals surface area (Å²) in [6, 6.07) is 0.230. The molecule has 1 rings (SSSR count). The molecule has 1 heterocycles. The van der Waals surface area contributed by atoms with Crippen molar-refractivity contribution in [2.75, 3.05) is 6.54 Å². The highest BCUT2D eigenvalue weighted by atomic mass is 16.2. The molecule has 0 aromatic heterocycles. The van der Waals surface area contributed by atoms with Crippen LogP contribution in [-0.2, 0) is 9.59 Å². The predicted molar refractivity (Wildman–Crippen MR) is 54.9 cm³/mol. The largest absolute Gasteiger partial charge is 0.333 e. The van der Waals surface area contributed by atoms with Gasteiger partial charge in [0.05, 0.1) is 6.54 Å². The Morgan fingerprint density at radius 3 is 2.43 bits per heavy atom. The van der Waals surface area contributed by atoms with Gasteiger partial charge in [-0.3, -0.25) is 9.59 Å². The Kier molecular flexibility index (Phi) is 2.98. The van der Waals surface area contributed by atoms with Gasteiger partial charge in [-0.15, -0.1) is 0 Å². The highest BCUT2D eigenvalue weighted by molar-refractivity contribution is 5.90. The Hall–Kier alpha value is -0.860. The maximum Gasteiger partial charge on any atom is 0.223 e. The van der Waals surface area contributed by atoms with Gasteiger partial charge in [0, 0.05) is 17.9 Å². The summed E-state index contributed by atoms with van der Waals surface area (Å²) in [5.41, 5.74) is -0.345. The average molecular weight is 197 g/mol. The second kappa shape index (κ2) is 3.71. The van der Waals surface area contributed by atoms with Crippen LogP contribution in [0.5, 0.6) is 0 Å². The zero-order valence-corrected chi connectivity index (χ0v) is 9.46. The topological polar surface area (TPSA) is 37.4 Å². The van der Waals surface area contributed by atoms with Crippen molar-refractivity contribution in [2.45, 2.75) is 46.6 Å². The molecular weight excluding hydrogens is 178 g/mol. The number of hydrogen-bond acceptors (Lipinski definition) is 2. The Morgan fingerprint density at radius 2 is 2.07 bits per heavy atom. The zero-order chi connectivity index (χ0) is 10.9. The molecule has 1 aliphatic rings. The molecule has 1 fully saturated rings. The van der Waals surface area contributed by atoms with Crippen molar-refractivity contribution in [1.29, 1.82) is 0 Å². The molecule has 1 aliphatic heterocycles. The molecule has 1 unspecified atom stereocenters. The summed E-state index contributed by atoms with van der Waals surface area (Å²) in [6.07, 6.45) is 1.48. The van der Waals surface area contributed by atoms with Crippen molar-refractivity contribution >= 4 is 11.7 Å². The predicted octanol–water partition coefficient (Wildman–Crippen LogP) is 1.61. The lowest BCUT2D eigenvalue weighted by Crippen LogP contribution is -2.39. The van der Waals surface area contributed by atoms with Crippen molar-refractivity contribution in [3.63, 3.8) is 0 Å². The first-order chi connectivity index (χ1) is 6.32. The maximum atomic E-state index is 11.7. The standard InChI is InChI=1S/C11H19NO2/c1-8-5-6-10(14)12(8)7-9(13)11(2,3)4/h8H,5-7H2,1-4H3. The monoisotopic (exact) mass is 197 g/mol. The van der Waals surface area contributed by atoms with Gasteiger partial charge in [0.1, 0.15) is 0 Å². The summed E-state index contributed by atoms with van der Waals surface area (Å²) in [4.78, 5) is 24.8. The van der Waals surface area contributed by atoms with Gasteiger partial charge in [-0.05, 0) is 13.3 Å². The van der Waals surface area contributed by atoms with E-state index in [1.807, 2.05) is 27.7 Å². The van der Waals surface area contributed by atoms with Gasteiger partial charge in [-0.25, -0.2) is 0 Å². The minimum Gasteiger partial charge on any atom is -0.333 e. The molecule has 0 radical (unpaired) electrons. The molecule has 3 heteroatoms. The van der Waals surface area contributed by atoms with Crippen LogP contribution < -0.4 is 0 Å². The number of nitrogens with zero attached hydrogens (tertiary/aromatic N) is 1. The molecule has 1 saturated heterocycles. The van der Waals surface area contributed by atoms with E-state index in [2.05, 4.69) is 0 Å². The summed E-state index contributed by atoms with van der Waals surface area (Å²) >= 11 is 0. The number of amides is 1. The third-order valence-corrected chi connectivity index (χ3v) is 2.78. The molecule has 0 bridgehead atoms. The normalized spacial score (nSPS) is 23.0. The number of carbonyl (C=O) groups is 2. The van der Waals surface area contributed by atoms with Crippen LogP contribution in [0.15, 0.2) is 0 Å². The summed E-state index contributed by atoms with van der Waals surface area (Å²) in [5.74, 6) is 0.259. The highest BCUT2D eigenvalue weighted by Crippen LogP contribution is 2.21. The fourth-order valence-electron chi connectivity index (χ4n) is 1.51. The van der Waals surface area contributed by atoms with Gasteiger partial charge in [0.2, 0.25) is 5.91 Å². The molecule has 14 heavy (non-hydrogen) atoms. The van der Waals surface area contributed by atoms with Crippen molar-refractivity contribution < 1.29 is 9.59 Å². The number of rotatable bonds is 2. The van der Waals surface area contributed by atoms with E-state index in [4.69, 9.17) is 0 Å². The van der Waals surface area contributed by atoms with E-state index >= 15 is 0 Å². The molecule has 0 aromatic rings. The lowest BCUT2D eigenvalue weighted by Gasteiger charge is -2.25. The summed E-state index contributed by atoms with van der Waals surface area (Å²) < 4.78 is 0. The van der Waals surface area contributed by atoms with Crippen molar-refractivity contribution in [1.82, 2.24) is 4.90 Å². The zero-order valence-electron chi connectivity index (χ0n) is 9.46. The minimum absolute atomic E-state index is 0.120. The Balaban J connectivity index is 2.60. The van der Waals surface area contributed by atoms with Gasteiger partial charge < -0.3 is 4.90 Å². The van der Waals surface area contributed by atoms with E-state index in [-0.39, 0.29) is 29.7 Å². The highest BCUT2D eigenvalue weighted by Gasteiger charge is 2.32. The van der Waals surface area contributed by atoms with Gasteiger partial charge in [-0.2, -0.15) is 0 Å². The number of carbonyl (C=O) groups excluding carboxylic acids is 2. The molecule has 0 N–H and O–H groups in total. The molecular formula is C11H19NO2. The van der Waals surface area contributed by atoms with Gasteiger partial charge >= 0.3 is 0 Å². The van der Waals surface area contributed by atoms with Gasteiger partial charge in [0.15, 0.2) is 5.78 Å². The first-order valence-electron chi connectivity index (χ1n) is 5.15. The van der Waals surface area contributed by atoms with Crippen molar-refractivity contribution in [3.05, 3.63) is 0 Å². The number of likely N-dealkylation sites (tertiary alicyclic amines) is 1. The molecule has 0 aromatic carbocycles. The molecule has 0 aliphatic carbocycles. The molecule has 0 saturated carbocycles. The lowest BCUT2D eigenvalue weighted by atomic mass is 9.90. The van der Waals surface area contributed by atoms with Gasteiger partial charge in [0.25, 0.3) is 0 Å². The van der Waals surface area contributed by atoms with Crippen LogP contribution in [-0.4, -0.2) is 29.2 Å². The number of Topliss-reactive ketones (excluding diaryl/α,β-unsaturated/α-hetero) is 1. The van der Waals surface area contributed by atoms with Crippen LogP contribution in [0.1, 0.15) is 40.5 Å². The molecule has 3 nitrogen and oxygen atoms in total. The first kappa shape index (κ1) is 11.2. The Morgan fingerprint density at radius 1 is 1.50 bits per heavy atom. The van der Waals surface area contributed by atoms with Crippen molar-refractivity contribution in [2.24, 2.45) is 5.41 Å². The second-order valence-electron chi connectivity index (χ2n) is 5.08. The van der Waals surface area contributed by atoms with Crippen LogP contribution in [0.4, 0.5) is 0 Å². The maximum absolute atomic E-state index is 11.7. The number of ketones is 1. The minimum atomic E-state index is -0.345. The van der Waals surface area contributed by atoms with Gasteiger partial charge in [-0.1, -0.05) is 20.8 Å². The van der Waals surface area contributed by atoms with E-state index in [0.29, 0.717) is 6.42 Å². The molecule has 80 valence electrons. The van der Waals surface area contributed by atoms with Crippen LogP contribution >= 0.6 is 0 Å². The number of hydrogen-bond donors (Lipinski definition) is 0. The fourth-order valence-corrected chi connectivity index (χ4v) is 1.51. The smallest absolute Gasteiger partial charge is 0.223 e. The first-order valence-corrected chi connectivity index (χ1v) is 5.15. The van der Waals surface area contributed by atoms with Crippen molar-refractivity contribution in [3.8, 4) is 0 Å². The quantitative estimate of drug-likeness (QED) is 0.674. The Bertz CT molecular complexity index is 253. The molecule has 1 amide bonds. The van der Waals surface area contributed by atoms with E-state index in [0.717, 1.165) is 6.42 Å². The SMILES string of the molecule is CC1CCC(=O)N1CC(=O)C(C)(C)C. The summed E-state index contributed by atoms with van der Waals surface area (Å²) in [7, 11) is 0. The lowest BCUT2D eigenvalue weighted by molar-refractivity contribution is -0.136. The molecule has 1 atom stereocenters. The molecule has 0 spiro atoms. The summed E-state index contributed by atoms with van der Waals surface area (Å²) in [6.45, 7) is 7.95. The third kappa shape index (κ3) is 2.34. The fraction of sp³-hybridized carbons (Fsp3) is 0.818. The Labute approximate surface area is 85.5 Å². The van der Waals surface area contributed by atoms with Crippen LogP contribution in [0.2, 0.25) is 0 Å². The second-order valence-corrected chi connectivity index (χ2v) is 5.08. The van der Waals surface area contributed by atoms with E-state index in [1.54, 1.807) is 4.90 Å². The van der Waals surface area contributed by atoms with E-state index in [9.17, 15) is 9.59 Å². The average Bonchev–Trinajstić information content (AvgIpc) is 2.34. The van der Waals surface area contributed by atoms with Crippen LogP contribution in [0, 0.1) is 5.41 Å². The van der Waals surface area contributed by atoms with Crippen LogP contribution in [0.3, 0.4) is 0 Å². The van der Waals surface area contributed by atoms with Crippen LogP contribution in [0.25, 0.3) is 0 Å². The third-order valence-electron chi connectivity index (χ3n) is 2.78. The van der Waals surface area contributed by atoms with E-state index in [1.165, 1.54) is 0 Å². The van der Waals surface area contributed by atoms with E-state index < -0.39 is 0 Å². The summed E-state index contributed by atoms with van der Waals surface area (Å²) in [5, 5.41) is 0.